The van der Waals surface area contributed by atoms with Crippen molar-refractivity contribution in [1.82, 2.24) is 5.32 Å². The van der Waals surface area contributed by atoms with Crippen LogP contribution < -0.4 is 16.0 Å². The first kappa shape index (κ1) is 19.2. The Bertz CT molecular complexity index is 803. The number of hydrogen-bond donors (Lipinski definition) is 3. The molecule has 0 aromatic heterocycles. The van der Waals surface area contributed by atoms with Gasteiger partial charge in [0.2, 0.25) is 11.8 Å². The van der Waals surface area contributed by atoms with E-state index in [4.69, 9.17) is 0 Å². The number of benzene rings is 2. The number of carbonyl (C=O) groups is 3. The summed E-state index contributed by atoms with van der Waals surface area (Å²) < 4.78 is 0. The van der Waals surface area contributed by atoms with Crippen molar-refractivity contribution in [2.24, 2.45) is 0 Å². The number of amides is 3. The summed E-state index contributed by atoms with van der Waals surface area (Å²) in [5.41, 5.74) is 2.61. The van der Waals surface area contributed by atoms with E-state index in [-0.39, 0.29) is 30.2 Å². The van der Waals surface area contributed by atoms with E-state index in [1.807, 2.05) is 13.0 Å². The molecule has 0 bridgehead atoms. The van der Waals surface area contributed by atoms with Gasteiger partial charge in [0.05, 0.1) is 0 Å². The number of carbonyl (C=O) groups excluding carboxylic acids is 3. The summed E-state index contributed by atoms with van der Waals surface area (Å²) >= 11 is 0. The van der Waals surface area contributed by atoms with E-state index in [1.54, 1.807) is 49.4 Å². The summed E-state index contributed by atoms with van der Waals surface area (Å²) in [6.45, 7) is 5.03. The predicted octanol–water partition coefficient (Wildman–Crippen LogP) is 3.10. The van der Waals surface area contributed by atoms with Crippen molar-refractivity contribution in [2.75, 3.05) is 10.6 Å². The van der Waals surface area contributed by atoms with Crippen LogP contribution in [0.1, 0.15) is 36.2 Å². The first-order valence-corrected chi connectivity index (χ1v) is 8.39. The summed E-state index contributed by atoms with van der Waals surface area (Å²) in [5, 5.41) is 8.36. The van der Waals surface area contributed by atoms with Crippen LogP contribution in [0.5, 0.6) is 0 Å². The molecule has 26 heavy (non-hydrogen) atoms. The zero-order valence-electron chi connectivity index (χ0n) is 15.1. The first-order valence-electron chi connectivity index (χ1n) is 8.39. The van der Waals surface area contributed by atoms with Crippen molar-refractivity contribution in [1.29, 1.82) is 0 Å². The topological polar surface area (TPSA) is 87.3 Å². The molecule has 0 radical (unpaired) electrons. The lowest BCUT2D eigenvalue weighted by Gasteiger charge is -2.16. The fourth-order valence-corrected chi connectivity index (χ4v) is 2.52. The summed E-state index contributed by atoms with van der Waals surface area (Å²) in [7, 11) is 0. The van der Waals surface area contributed by atoms with Crippen LogP contribution in [0.2, 0.25) is 0 Å². The summed E-state index contributed by atoms with van der Waals surface area (Å²) in [4.78, 5) is 35.6. The van der Waals surface area contributed by atoms with E-state index in [0.29, 0.717) is 16.9 Å². The molecule has 0 aliphatic heterocycles. The van der Waals surface area contributed by atoms with Crippen LogP contribution in [-0.2, 0) is 9.59 Å². The quantitative estimate of drug-likeness (QED) is 0.746. The molecular weight excluding hydrogens is 330 g/mol. The summed E-state index contributed by atoms with van der Waals surface area (Å²) in [6.07, 6.45) is 0.141. The Morgan fingerprint density at radius 2 is 1.54 bits per heavy atom. The highest BCUT2D eigenvalue weighted by Gasteiger charge is 2.14. The Morgan fingerprint density at radius 3 is 2.15 bits per heavy atom. The second-order valence-corrected chi connectivity index (χ2v) is 6.15. The SMILES string of the molecule is CC(=O)Nc1cccc(NC(=O)CC(C)NC(=O)c2ccccc2)c1C. The minimum Gasteiger partial charge on any atom is -0.349 e. The molecule has 0 saturated carbocycles. The molecule has 0 aliphatic carbocycles. The van der Waals surface area contributed by atoms with Gasteiger partial charge in [-0.15, -0.1) is 0 Å². The Morgan fingerprint density at radius 1 is 0.923 bits per heavy atom. The van der Waals surface area contributed by atoms with Crippen molar-refractivity contribution in [3.8, 4) is 0 Å². The maximum atomic E-state index is 12.3. The number of anilines is 2. The minimum atomic E-state index is -0.318. The van der Waals surface area contributed by atoms with Crippen LogP contribution in [0.25, 0.3) is 0 Å². The maximum Gasteiger partial charge on any atom is 0.251 e. The van der Waals surface area contributed by atoms with Crippen molar-refractivity contribution in [2.45, 2.75) is 33.2 Å². The Balaban J connectivity index is 1.94. The molecule has 0 aliphatic rings. The Hall–Kier alpha value is -3.15. The van der Waals surface area contributed by atoms with E-state index in [2.05, 4.69) is 16.0 Å². The summed E-state index contributed by atoms with van der Waals surface area (Å²) in [5.74, 6) is -0.600. The lowest BCUT2D eigenvalue weighted by Crippen LogP contribution is -2.35. The highest BCUT2D eigenvalue weighted by molar-refractivity contribution is 5.97. The second kappa shape index (κ2) is 8.80. The molecule has 2 aromatic carbocycles. The fraction of sp³-hybridized carbons (Fsp3) is 0.250. The molecule has 3 amide bonds. The van der Waals surface area contributed by atoms with Gasteiger partial charge in [-0.05, 0) is 43.7 Å². The van der Waals surface area contributed by atoms with Crippen LogP contribution >= 0.6 is 0 Å². The van der Waals surface area contributed by atoms with Gasteiger partial charge in [0, 0.05) is 36.3 Å². The van der Waals surface area contributed by atoms with Crippen molar-refractivity contribution >= 4 is 29.1 Å². The smallest absolute Gasteiger partial charge is 0.251 e. The predicted molar refractivity (Wildman–Crippen MR) is 102 cm³/mol. The third-order valence-electron chi connectivity index (χ3n) is 3.82. The van der Waals surface area contributed by atoms with Crippen LogP contribution in [-0.4, -0.2) is 23.8 Å². The van der Waals surface area contributed by atoms with E-state index in [0.717, 1.165) is 5.56 Å². The van der Waals surface area contributed by atoms with Gasteiger partial charge in [-0.2, -0.15) is 0 Å². The Kier molecular flexibility index (Phi) is 6.49. The standard InChI is InChI=1S/C20H23N3O3/c1-13(21-20(26)16-8-5-4-6-9-16)12-19(25)23-18-11-7-10-17(14(18)2)22-15(3)24/h4-11,13H,12H2,1-3H3,(H,21,26)(H,22,24)(H,23,25). The maximum absolute atomic E-state index is 12.3. The van der Waals surface area contributed by atoms with Gasteiger partial charge in [0.1, 0.15) is 0 Å². The highest BCUT2D eigenvalue weighted by atomic mass is 16.2. The van der Waals surface area contributed by atoms with Crippen LogP contribution in [0.3, 0.4) is 0 Å². The van der Waals surface area contributed by atoms with E-state index >= 15 is 0 Å². The van der Waals surface area contributed by atoms with Crippen LogP contribution in [0, 0.1) is 6.92 Å². The molecule has 2 aromatic rings. The number of rotatable bonds is 6. The molecule has 6 heteroatoms. The largest absolute Gasteiger partial charge is 0.349 e. The molecule has 1 unspecified atom stereocenters. The lowest BCUT2D eigenvalue weighted by atomic mass is 10.1. The summed E-state index contributed by atoms with van der Waals surface area (Å²) in [6, 6.07) is 13.8. The molecule has 1 atom stereocenters. The average molecular weight is 353 g/mol. The lowest BCUT2D eigenvalue weighted by molar-refractivity contribution is -0.116. The third kappa shape index (κ3) is 5.44. The molecule has 0 heterocycles. The molecule has 0 spiro atoms. The molecular formula is C20H23N3O3. The zero-order valence-corrected chi connectivity index (χ0v) is 15.1. The number of nitrogens with one attached hydrogen (secondary N) is 3. The monoisotopic (exact) mass is 353 g/mol. The van der Waals surface area contributed by atoms with E-state index < -0.39 is 0 Å². The van der Waals surface area contributed by atoms with Gasteiger partial charge >= 0.3 is 0 Å². The fourth-order valence-electron chi connectivity index (χ4n) is 2.52. The van der Waals surface area contributed by atoms with Gasteiger partial charge in [-0.3, -0.25) is 14.4 Å². The van der Waals surface area contributed by atoms with E-state index in [1.165, 1.54) is 6.92 Å². The van der Waals surface area contributed by atoms with Crippen molar-refractivity contribution in [3.63, 3.8) is 0 Å². The van der Waals surface area contributed by atoms with E-state index in [9.17, 15) is 14.4 Å². The van der Waals surface area contributed by atoms with Crippen molar-refractivity contribution < 1.29 is 14.4 Å². The molecule has 0 fully saturated rings. The normalized spacial score (nSPS) is 11.3. The minimum absolute atomic E-state index is 0.141. The zero-order chi connectivity index (χ0) is 19.1. The molecule has 0 saturated heterocycles. The van der Waals surface area contributed by atoms with Gasteiger partial charge in [-0.25, -0.2) is 0 Å². The Labute approximate surface area is 153 Å². The van der Waals surface area contributed by atoms with Gasteiger partial charge in [0.25, 0.3) is 5.91 Å². The van der Waals surface area contributed by atoms with Gasteiger partial charge in [0.15, 0.2) is 0 Å². The average Bonchev–Trinajstić information content (AvgIpc) is 2.58. The molecule has 6 nitrogen and oxygen atoms in total. The number of hydrogen-bond acceptors (Lipinski definition) is 3. The molecule has 136 valence electrons. The van der Waals surface area contributed by atoms with Crippen LogP contribution in [0.4, 0.5) is 11.4 Å². The van der Waals surface area contributed by atoms with Crippen LogP contribution in [0.15, 0.2) is 48.5 Å². The molecule has 3 N–H and O–H groups in total. The first-order chi connectivity index (χ1) is 12.4. The van der Waals surface area contributed by atoms with Gasteiger partial charge < -0.3 is 16.0 Å². The molecule has 2 rings (SSSR count). The second-order valence-electron chi connectivity index (χ2n) is 6.15. The van der Waals surface area contributed by atoms with Gasteiger partial charge in [-0.1, -0.05) is 24.3 Å². The highest BCUT2D eigenvalue weighted by Crippen LogP contribution is 2.23. The van der Waals surface area contributed by atoms with Crippen molar-refractivity contribution in [3.05, 3.63) is 59.7 Å². The third-order valence-corrected chi connectivity index (χ3v) is 3.82.